The van der Waals surface area contributed by atoms with E-state index in [1.165, 1.54) is 5.57 Å². The molecular weight excluding hydrogens is 376 g/mol. The molecule has 30 heavy (non-hydrogen) atoms. The monoisotopic (exact) mass is 420 g/mol. The van der Waals surface area contributed by atoms with Crippen LogP contribution in [0.5, 0.6) is 0 Å². The van der Waals surface area contributed by atoms with Gasteiger partial charge in [-0.3, -0.25) is 4.79 Å². The molecule has 2 aliphatic rings. The fourth-order valence-corrected chi connectivity index (χ4v) is 5.08. The highest BCUT2D eigenvalue weighted by Crippen LogP contribution is 2.54. The minimum absolute atomic E-state index is 0.114. The van der Waals surface area contributed by atoms with Gasteiger partial charge in [0.15, 0.2) is 0 Å². The van der Waals surface area contributed by atoms with Crippen molar-refractivity contribution in [3.8, 4) is 0 Å². The highest BCUT2D eigenvalue weighted by molar-refractivity contribution is 5.76. The van der Waals surface area contributed by atoms with E-state index in [0.29, 0.717) is 31.1 Å². The smallest absolute Gasteiger partial charge is 0.311 e. The van der Waals surface area contributed by atoms with Gasteiger partial charge in [0.05, 0.1) is 17.6 Å². The van der Waals surface area contributed by atoms with E-state index in [1.54, 1.807) is 0 Å². The van der Waals surface area contributed by atoms with Crippen LogP contribution in [0.25, 0.3) is 0 Å². The van der Waals surface area contributed by atoms with Gasteiger partial charge < -0.3 is 14.9 Å². The van der Waals surface area contributed by atoms with E-state index < -0.39 is 17.6 Å². The first-order valence-corrected chi connectivity index (χ1v) is 11.9. The van der Waals surface area contributed by atoms with Gasteiger partial charge in [-0.25, -0.2) is 0 Å². The zero-order chi connectivity index (χ0) is 22.7. The van der Waals surface area contributed by atoms with Crippen LogP contribution < -0.4 is 0 Å². The number of aliphatic hydroxyl groups is 2. The van der Waals surface area contributed by atoms with E-state index in [0.717, 1.165) is 19.3 Å². The van der Waals surface area contributed by atoms with Crippen LogP contribution in [0.15, 0.2) is 23.8 Å². The molecule has 0 bridgehead atoms. The number of esters is 1. The molecule has 0 saturated heterocycles. The molecular formula is C26H44O4. The maximum absolute atomic E-state index is 13.0. The number of rotatable bonds is 9. The summed E-state index contributed by atoms with van der Waals surface area (Å²) in [5, 5.41) is 20.3. The van der Waals surface area contributed by atoms with E-state index in [2.05, 4.69) is 39.0 Å². The molecule has 0 unspecified atom stereocenters. The average molecular weight is 421 g/mol. The molecule has 4 heteroatoms. The zero-order valence-corrected chi connectivity index (χ0v) is 20.1. The minimum Gasteiger partial charge on any atom is -0.461 e. The Morgan fingerprint density at radius 3 is 2.53 bits per heavy atom. The molecule has 0 fully saturated rings. The maximum Gasteiger partial charge on any atom is 0.311 e. The molecule has 0 amide bonds. The second kappa shape index (κ2) is 9.99. The van der Waals surface area contributed by atoms with Gasteiger partial charge in [-0.15, -0.1) is 0 Å². The molecule has 0 aromatic rings. The third-order valence-corrected chi connectivity index (χ3v) is 7.84. The van der Waals surface area contributed by atoms with Gasteiger partial charge in [-0.05, 0) is 75.7 Å². The third kappa shape index (κ3) is 5.37. The molecule has 0 aliphatic heterocycles. The maximum atomic E-state index is 13.0. The molecule has 4 nitrogen and oxygen atoms in total. The Bertz CT molecular complexity index is 649. The number of carbonyl (C=O) groups excluding carboxylic acids is 1. The summed E-state index contributed by atoms with van der Waals surface area (Å²) in [5.41, 5.74) is 0.516. The molecule has 7 atom stereocenters. The van der Waals surface area contributed by atoms with Gasteiger partial charge in [-0.2, -0.15) is 0 Å². The van der Waals surface area contributed by atoms with Gasteiger partial charge in [0.25, 0.3) is 0 Å². The SMILES string of the molecule is CC[C@H](O)C[C@@H](O)CC[C@H]1[C@@H](C)C=CC2=C[C@H](C)C[C@H](OC(=O)C(C)(C)CC)[C@@]21C. The van der Waals surface area contributed by atoms with Crippen molar-refractivity contribution in [1.82, 2.24) is 0 Å². The predicted molar refractivity (Wildman–Crippen MR) is 122 cm³/mol. The molecule has 0 heterocycles. The van der Waals surface area contributed by atoms with Crippen molar-refractivity contribution >= 4 is 5.97 Å². The van der Waals surface area contributed by atoms with Crippen molar-refractivity contribution in [3.63, 3.8) is 0 Å². The average Bonchev–Trinajstić information content (AvgIpc) is 2.68. The molecule has 2 rings (SSSR count). The lowest BCUT2D eigenvalue weighted by molar-refractivity contribution is -0.170. The lowest BCUT2D eigenvalue weighted by Gasteiger charge is -2.52. The molecule has 0 aromatic heterocycles. The van der Waals surface area contributed by atoms with Crippen LogP contribution in [0.2, 0.25) is 0 Å². The highest BCUT2D eigenvalue weighted by Gasteiger charge is 2.51. The number of ether oxygens (including phenoxy) is 1. The lowest BCUT2D eigenvalue weighted by atomic mass is 9.55. The van der Waals surface area contributed by atoms with Gasteiger partial charge in [-0.1, -0.05) is 52.8 Å². The number of hydrogen-bond acceptors (Lipinski definition) is 4. The van der Waals surface area contributed by atoms with Gasteiger partial charge >= 0.3 is 5.97 Å². The Balaban J connectivity index is 2.27. The molecule has 0 spiro atoms. The van der Waals surface area contributed by atoms with Crippen LogP contribution in [-0.2, 0) is 9.53 Å². The summed E-state index contributed by atoms with van der Waals surface area (Å²) in [6.07, 6.45) is 9.86. The summed E-state index contributed by atoms with van der Waals surface area (Å²) in [5.74, 6) is 0.859. The number of allylic oxidation sites excluding steroid dienone is 3. The van der Waals surface area contributed by atoms with Crippen LogP contribution in [-0.4, -0.2) is 34.5 Å². The van der Waals surface area contributed by atoms with Gasteiger partial charge in [0.1, 0.15) is 6.10 Å². The molecule has 0 saturated carbocycles. The summed E-state index contributed by atoms with van der Waals surface area (Å²) in [4.78, 5) is 13.0. The van der Waals surface area contributed by atoms with Crippen molar-refractivity contribution in [2.24, 2.45) is 28.6 Å². The number of carbonyl (C=O) groups is 1. The molecule has 0 radical (unpaired) electrons. The van der Waals surface area contributed by atoms with E-state index in [9.17, 15) is 15.0 Å². The van der Waals surface area contributed by atoms with Gasteiger partial charge in [0, 0.05) is 5.41 Å². The summed E-state index contributed by atoms with van der Waals surface area (Å²) < 4.78 is 6.24. The van der Waals surface area contributed by atoms with Gasteiger partial charge in [0.2, 0.25) is 0 Å². The Labute approximate surface area is 183 Å². The predicted octanol–water partition coefficient (Wildman–Crippen LogP) is 5.43. The summed E-state index contributed by atoms with van der Waals surface area (Å²) in [7, 11) is 0. The second-order valence-corrected chi connectivity index (χ2v) is 10.6. The Morgan fingerprint density at radius 2 is 1.93 bits per heavy atom. The van der Waals surface area contributed by atoms with E-state index >= 15 is 0 Å². The Hall–Kier alpha value is -1.13. The fraction of sp³-hybridized carbons (Fsp3) is 0.808. The van der Waals surface area contributed by atoms with E-state index in [4.69, 9.17) is 4.74 Å². The standard InChI is InChI=1S/C26H44O4/c1-8-20(27)16-21(28)12-13-22-18(4)10-11-19-14-17(3)15-23(26(19,22)7)30-24(29)25(5,6)9-2/h10-11,14,17-18,20-23,27-28H,8-9,12-13,15-16H2,1-7H3/t17-,18-,20-,21-,22-,23-,26-/m0/s1. The van der Waals surface area contributed by atoms with Crippen LogP contribution in [0.4, 0.5) is 0 Å². The molecule has 0 aromatic carbocycles. The molecule has 2 N–H and O–H groups in total. The third-order valence-electron chi connectivity index (χ3n) is 7.84. The Kier molecular flexibility index (Phi) is 8.37. The number of hydrogen-bond donors (Lipinski definition) is 2. The zero-order valence-electron chi connectivity index (χ0n) is 20.1. The first-order chi connectivity index (χ1) is 13.9. The van der Waals surface area contributed by atoms with Crippen LogP contribution in [0.1, 0.15) is 87.0 Å². The van der Waals surface area contributed by atoms with E-state index in [-0.39, 0.29) is 23.4 Å². The first kappa shape index (κ1) is 25.1. The molecule has 2 aliphatic carbocycles. The van der Waals surface area contributed by atoms with Crippen molar-refractivity contribution < 1.29 is 19.7 Å². The van der Waals surface area contributed by atoms with Crippen molar-refractivity contribution in [2.45, 2.75) is 105 Å². The van der Waals surface area contributed by atoms with Crippen molar-refractivity contribution in [2.75, 3.05) is 0 Å². The van der Waals surface area contributed by atoms with Crippen molar-refractivity contribution in [1.29, 1.82) is 0 Å². The summed E-state index contributed by atoms with van der Waals surface area (Å²) >= 11 is 0. The van der Waals surface area contributed by atoms with E-state index in [1.807, 2.05) is 27.7 Å². The largest absolute Gasteiger partial charge is 0.461 e. The van der Waals surface area contributed by atoms with Crippen LogP contribution >= 0.6 is 0 Å². The number of aliphatic hydroxyl groups excluding tert-OH is 2. The number of fused-ring (bicyclic) bond motifs is 1. The van der Waals surface area contributed by atoms with Crippen LogP contribution in [0.3, 0.4) is 0 Å². The summed E-state index contributed by atoms with van der Waals surface area (Å²) in [6.45, 7) is 14.5. The minimum atomic E-state index is -0.503. The van der Waals surface area contributed by atoms with Crippen LogP contribution in [0, 0.1) is 28.6 Å². The first-order valence-electron chi connectivity index (χ1n) is 11.9. The molecule has 172 valence electrons. The Morgan fingerprint density at radius 1 is 1.27 bits per heavy atom. The quantitative estimate of drug-likeness (QED) is 0.488. The highest BCUT2D eigenvalue weighted by atomic mass is 16.5. The van der Waals surface area contributed by atoms with Crippen molar-refractivity contribution in [3.05, 3.63) is 23.8 Å². The normalized spacial score (nSPS) is 33.4. The second-order valence-electron chi connectivity index (χ2n) is 10.6. The topological polar surface area (TPSA) is 66.8 Å². The fourth-order valence-electron chi connectivity index (χ4n) is 5.08. The lowest BCUT2D eigenvalue weighted by Crippen LogP contribution is -2.50. The summed E-state index contributed by atoms with van der Waals surface area (Å²) in [6, 6.07) is 0.